The molecule has 0 aliphatic carbocycles. The molecule has 0 radical (unpaired) electrons. The highest BCUT2D eigenvalue weighted by atomic mass is 16.3. The molecule has 1 aromatic heterocycles. The molecule has 0 saturated heterocycles. The maximum Gasteiger partial charge on any atom is 0.243 e. The van der Waals surface area contributed by atoms with Crippen LogP contribution in [0.4, 0.5) is 0 Å². The van der Waals surface area contributed by atoms with Gasteiger partial charge in [0.25, 0.3) is 0 Å². The number of nitrogens with one attached hydrogen (secondary N) is 2. The molecule has 1 amide bonds. The van der Waals surface area contributed by atoms with E-state index >= 15 is 0 Å². The summed E-state index contributed by atoms with van der Waals surface area (Å²) in [5.74, 6) is 1.47. The minimum atomic E-state index is -0.0348. The number of nitrogens with zero attached hydrogens (tertiary/aromatic N) is 3. The Bertz CT molecular complexity index is 468. The summed E-state index contributed by atoms with van der Waals surface area (Å²) in [5, 5.41) is 6.39. The van der Waals surface area contributed by atoms with Crippen LogP contribution in [0, 0.1) is 0 Å². The molecule has 0 saturated carbocycles. The summed E-state index contributed by atoms with van der Waals surface area (Å²) in [6, 6.07) is 3.91. The summed E-state index contributed by atoms with van der Waals surface area (Å²) in [5.41, 5.74) is 0. The second kappa shape index (κ2) is 9.09. The van der Waals surface area contributed by atoms with Crippen molar-refractivity contribution in [3.63, 3.8) is 0 Å². The van der Waals surface area contributed by atoms with Crippen LogP contribution in [0.1, 0.15) is 18.7 Å². The summed E-state index contributed by atoms with van der Waals surface area (Å²) < 4.78 is 5.48. The van der Waals surface area contributed by atoms with Crippen molar-refractivity contribution in [3.05, 3.63) is 24.2 Å². The van der Waals surface area contributed by atoms with Gasteiger partial charge in [0, 0.05) is 27.2 Å². The van der Waals surface area contributed by atoms with Crippen molar-refractivity contribution in [2.24, 2.45) is 4.99 Å². The van der Waals surface area contributed by atoms with E-state index in [1.54, 1.807) is 20.4 Å². The van der Waals surface area contributed by atoms with Gasteiger partial charge in [-0.25, -0.2) is 4.99 Å². The third kappa shape index (κ3) is 5.77. The Kier molecular flexibility index (Phi) is 7.45. The van der Waals surface area contributed by atoms with Gasteiger partial charge in [0.05, 0.1) is 12.3 Å². The predicted molar refractivity (Wildman–Crippen MR) is 87.8 cm³/mol. The zero-order valence-corrected chi connectivity index (χ0v) is 14.1. The van der Waals surface area contributed by atoms with Crippen LogP contribution < -0.4 is 10.6 Å². The Morgan fingerprint density at radius 3 is 2.55 bits per heavy atom. The first-order valence-corrected chi connectivity index (χ1v) is 7.37. The van der Waals surface area contributed by atoms with Crippen LogP contribution in [0.3, 0.4) is 0 Å². The normalized spacial score (nSPS) is 13.1. The molecule has 0 spiro atoms. The van der Waals surface area contributed by atoms with E-state index in [-0.39, 0.29) is 18.5 Å². The van der Waals surface area contributed by atoms with E-state index in [1.165, 1.54) is 4.90 Å². The van der Waals surface area contributed by atoms with Gasteiger partial charge in [0.1, 0.15) is 12.3 Å². The van der Waals surface area contributed by atoms with E-state index in [0.29, 0.717) is 12.5 Å². The number of aliphatic imine (C=N–C) groups is 1. The van der Waals surface area contributed by atoms with Crippen molar-refractivity contribution >= 4 is 11.9 Å². The van der Waals surface area contributed by atoms with Gasteiger partial charge in [-0.05, 0) is 33.2 Å². The largest absolute Gasteiger partial charge is 0.468 e. The molecule has 124 valence electrons. The summed E-state index contributed by atoms with van der Waals surface area (Å²) in [6.07, 6.45) is 1.67. The molecule has 0 bridgehead atoms. The van der Waals surface area contributed by atoms with Crippen molar-refractivity contribution < 1.29 is 9.21 Å². The minimum Gasteiger partial charge on any atom is -0.468 e. The van der Waals surface area contributed by atoms with Crippen molar-refractivity contribution in [3.8, 4) is 0 Å². The summed E-state index contributed by atoms with van der Waals surface area (Å²) in [7, 11) is 7.43. The molecule has 0 aliphatic heterocycles. The Morgan fingerprint density at radius 1 is 1.32 bits per heavy atom. The summed E-state index contributed by atoms with van der Waals surface area (Å²) in [6.45, 7) is 3.47. The molecule has 0 aliphatic rings. The molecule has 0 aromatic carbocycles. The fraction of sp³-hybridized carbons (Fsp3) is 0.600. The molecule has 0 fully saturated rings. The highest BCUT2D eigenvalue weighted by molar-refractivity contribution is 5.84. The molecular formula is C15H27N5O2. The lowest BCUT2D eigenvalue weighted by Gasteiger charge is -2.23. The van der Waals surface area contributed by atoms with Gasteiger partial charge < -0.3 is 20.0 Å². The molecule has 7 heteroatoms. The van der Waals surface area contributed by atoms with Crippen molar-refractivity contribution in [1.82, 2.24) is 20.4 Å². The molecule has 1 rings (SSSR count). The molecule has 2 N–H and O–H groups in total. The third-order valence-corrected chi connectivity index (χ3v) is 3.17. The van der Waals surface area contributed by atoms with Gasteiger partial charge in [-0.1, -0.05) is 0 Å². The van der Waals surface area contributed by atoms with Crippen molar-refractivity contribution in [2.75, 3.05) is 47.8 Å². The number of likely N-dealkylation sites (N-methyl/N-ethyl adjacent to an activating group) is 2. The summed E-state index contributed by atoms with van der Waals surface area (Å²) in [4.78, 5) is 19.5. The monoisotopic (exact) mass is 309 g/mol. The zero-order chi connectivity index (χ0) is 16.5. The van der Waals surface area contributed by atoms with Crippen molar-refractivity contribution in [2.45, 2.75) is 13.0 Å². The van der Waals surface area contributed by atoms with Crippen LogP contribution in [0.25, 0.3) is 0 Å². The Labute approximate surface area is 132 Å². The number of furan rings is 1. The fourth-order valence-electron chi connectivity index (χ4n) is 1.84. The van der Waals surface area contributed by atoms with Gasteiger partial charge in [-0.15, -0.1) is 0 Å². The second-order valence-corrected chi connectivity index (χ2v) is 5.36. The van der Waals surface area contributed by atoms with Gasteiger partial charge in [-0.3, -0.25) is 9.69 Å². The summed E-state index contributed by atoms with van der Waals surface area (Å²) >= 11 is 0. The van der Waals surface area contributed by atoms with Crippen LogP contribution in [-0.4, -0.2) is 69.5 Å². The number of carbonyl (C=O) groups is 1. The van der Waals surface area contributed by atoms with Crippen LogP contribution in [0.5, 0.6) is 0 Å². The first kappa shape index (κ1) is 18.0. The van der Waals surface area contributed by atoms with E-state index < -0.39 is 0 Å². The second-order valence-electron chi connectivity index (χ2n) is 5.36. The molecule has 1 atom stereocenters. The fourth-order valence-corrected chi connectivity index (χ4v) is 1.84. The first-order valence-electron chi connectivity index (χ1n) is 7.37. The quantitative estimate of drug-likeness (QED) is 0.568. The molecule has 1 unspecified atom stereocenters. The Hall–Kier alpha value is -2.02. The number of rotatable bonds is 7. The number of amides is 1. The lowest BCUT2D eigenvalue weighted by atomic mass is 10.2. The third-order valence-electron chi connectivity index (χ3n) is 3.17. The molecule has 22 heavy (non-hydrogen) atoms. The smallest absolute Gasteiger partial charge is 0.243 e. The highest BCUT2D eigenvalue weighted by Gasteiger charge is 2.17. The Balaban J connectivity index is 2.65. The standard InChI is InChI=1S/C15H27N5O2/c1-6-16-15(18-11-14(21)20(4)5)17-10-12(19(2)3)13-8-7-9-22-13/h7-9,12H,6,10-11H2,1-5H3,(H2,16,17,18). The SMILES string of the molecule is CCNC(=NCC(=O)N(C)C)NCC(c1ccco1)N(C)C. The maximum absolute atomic E-state index is 11.6. The van der Waals surface area contributed by atoms with Crippen LogP contribution in [0.15, 0.2) is 27.8 Å². The van der Waals surface area contributed by atoms with Gasteiger partial charge in [0.15, 0.2) is 5.96 Å². The molecule has 1 heterocycles. The van der Waals surface area contributed by atoms with Crippen molar-refractivity contribution in [1.29, 1.82) is 0 Å². The lowest BCUT2D eigenvalue weighted by Crippen LogP contribution is -2.42. The minimum absolute atomic E-state index is 0.0348. The van der Waals surface area contributed by atoms with Gasteiger partial charge in [0.2, 0.25) is 5.91 Å². The number of guanidine groups is 1. The van der Waals surface area contributed by atoms with E-state index in [1.807, 2.05) is 33.2 Å². The topological polar surface area (TPSA) is 73.1 Å². The Morgan fingerprint density at radius 2 is 2.05 bits per heavy atom. The van der Waals surface area contributed by atoms with Gasteiger partial charge >= 0.3 is 0 Å². The molecule has 7 nitrogen and oxygen atoms in total. The number of carbonyl (C=O) groups excluding carboxylic acids is 1. The van der Waals surface area contributed by atoms with Crippen LogP contribution >= 0.6 is 0 Å². The first-order chi connectivity index (χ1) is 10.5. The van der Waals surface area contributed by atoms with Crippen LogP contribution in [-0.2, 0) is 4.79 Å². The van der Waals surface area contributed by atoms with E-state index in [9.17, 15) is 4.79 Å². The van der Waals surface area contributed by atoms with E-state index in [4.69, 9.17) is 4.42 Å². The lowest BCUT2D eigenvalue weighted by molar-refractivity contribution is -0.127. The highest BCUT2D eigenvalue weighted by Crippen LogP contribution is 2.17. The average Bonchev–Trinajstić information content (AvgIpc) is 2.97. The molecular weight excluding hydrogens is 282 g/mol. The predicted octanol–water partition coefficient (Wildman–Crippen LogP) is 0.526. The number of hydrogen-bond acceptors (Lipinski definition) is 4. The zero-order valence-electron chi connectivity index (χ0n) is 14.1. The average molecular weight is 309 g/mol. The van der Waals surface area contributed by atoms with E-state index in [0.717, 1.165) is 12.3 Å². The van der Waals surface area contributed by atoms with Crippen LogP contribution in [0.2, 0.25) is 0 Å². The maximum atomic E-state index is 11.6. The number of hydrogen-bond donors (Lipinski definition) is 2. The molecule has 1 aromatic rings. The van der Waals surface area contributed by atoms with E-state index in [2.05, 4.69) is 20.5 Å². The van der Waals surface area contributed by atoms with Gasteiger partial charge in [-0.2, -0.15) is 0 Å².